The van der Waals surface area contributed by atoms with Gasteiger partial charge in [-0.05, 0) is 63.3 Å². The Morgan fingerprint density at radius 1 is 0.944 bits per heavy atom. The maximum absolute atomic E-state index is 3.69. The van der Waals surface area contributed by atoms with Gasteiger partial charge in [0.05, 0.1) is 0 Å². The zero-order chi connectivity index (χ0) is 12.5. The Balaban J connectivity index is 1.58. The first-order valence-electron chi connectivity index (χ1n) is 8.23. The van der Waals surface area contributed by atoms with E-state index in [1.54, 1.807) is 0 Å². The van der Waals surface area contributed by atoms with Crippen LogP contribution in [-0.2, 0) is 0 Å². The summed E-state index contributed by atoms with van der Waals surface area (Å²) in [6, 6.07) is 2.63. The van der Waals surface area contributed by atoms with Crippen molar-refractivity contribution >= 4 is 0 Å². The van der Waals surface area contributed by atoms with Crippen LogP contribution in [-0.4, -0.2) is 36.1 Å². The summed E-state index contributed by atoms with van der Waals surface area (Å²) in [7, 11) is 0. The van der Waals surface area contributed by atoms with Crippen LogP contribution < -0.4 is 5.32 Å². The second kappa shape index (κ2) is 5.50. The second-order valence-electron chi connectivity index (χ2n) is 7.14. The molecule has 0 spiro atoms. The highest BCUT2D eigenvalue weighted by molar-refractivity contribution is 4.94. The summed E-state index contributed by atoms with van der Waals surface area (Å²) < 4.78 is 0. The number of nitrogens with one attached hydrogen (secondary N) is 1. The van der Waals surface area contributed by atoms with E-state index in [1.807, 2.05) is 0 Å². The van der Waals surface area contributed by atoms with Crippen LogP contribution in [0.3, 0.4) is 0 Å². The van der Waals surface area contributed by atoms with Crippen molar-refractivity contribution in [2.45, 2.75) is 76.9 Å². The molecule has 18 heavy (non-hydrogen) atoms. The monoisotopic (exact) mass is 250 g/mol. The van der Waals surface area contributed by atoms with Gasteiger partial charge in [0.25, 0.3) is 0 Å². The third-order valence-electron chi connectivity index (χ3n) is 5.65. The summed E-state index contributed by atoms with van der Waals surface area (Å²) in [5.74, 6) is 1.88. The fourth-order valence-electron chi connectivity index (χ4n) is 3.99. The van der Waals surface area contributed by atoms with E-state index in [9.17, 15) is 0 Å². The van der Waals surface area contributed by atoms with Gasteiger partial charge in [-0.25, -0.2) is 0 Å². The summed E-state index contributed by atoms with van der Waals surface area (Å²) in [6.45, 7) is 7.49. The molecule has 2 aliphatic carbocycles. The molecule has 1 heterocycles. The molecule has 0 aromatic carbocycles. The lowest BCUT2D eigenvalue weighted by atomic mass is 9.78. The summed E-state index contributed by atoms with van der Waals surface area (Å²) in [4.78, 5) is 2.89. The first-order valence-corrected chi connectivity index (χ1v) is 8.23. The lowest BCUT2D eigenvalue weighted by Crippen LogP contribution is -2.47. The van der Waals surface area contributed by atoms with Crippen LogP contribution >= 0.6 is 0 Å². The fourth-order valence-corrected chi connectivity index (χ4v) is 3.99. The van der Waals surface area contributed by atoms with Crippen molar-refractivity contribution in [2.24, 2.45) is 11.8 Å². The van der Waals surface area contributed by atoms with Crippen molar-refractivity contribution in [1.82, 2.24) is 10.2 Å². The lowest BCUT2D eigenvalue weighted by molar-refractivity contribution is 0.0943. The van der Waals surface area contributed by atoms with Crippen LogP contribution in [0.25, 0.3) is 0 Å². The molecule has 3 aliphatic rings. The minimum absolute atomic E-state index is 0.792. The molecular weight excluding hydrogens is 220 g/mol. The van der Waals surface area contributed by atoms with E-state index in [2.05, 4.69) is 24.1 Å². The second-order valence-corrected chi connectivity index (χ2v) is 7.14. The first kappa shape index (κ1) is 12.9. The molecule has 2 nitrogen and oxygen atoms in total. The molecule has 1 saturated heterocycles. The molecule has 1 N–H and O–H groups in total. The molecule has 0 aromatic rings. The van der Waals surface area contributed by atoms with Crippen LogP contribution in [0.4, 0.5) is 0 Å². The summed E-state index contributed by atoms with van der Waals surface area (Å²) in [5, 5.41) is 3.69. The van der Waals surface area contributed by atoms with Gasteiger partial charge in [0.2, 0.25) is 0 Å². The maximum Gasteiger partial charge on any atom is 0.0195 e. The van der Waals surface area contributed by atoms with Crippen LogP contribution in [0.2, 0.25) is 0 Å². The minimum Gasteiger partial charge on any atom is -0.313 e. The molecule has 4 unspecified atom stereocenters. The molecule has 0 aromatic heterocycles. The van der Waals surface area contributed by atoms with E-state index >= 15 is 0 Å². The van der Waals surface area contributed by atoms with Crippen molar-refractivity contribution in [2.75, 3.05) is 13.1 Å². The van der Waals surface area contributed by atoms with Gasteiger partial charge in [-0.15, -0.1) is 0 Å². The van der Waals surface area contributed by atoms with Gasteiger partial charge in [-0.2, -0.15) is 0 Å². The molecule has 0 bridgehead atoms. The van der Waals surface area contributed by atoms with E-state index in [-0.39, 0.29) is 0 Å². The van der Waals surface area contributed by atoms with Crippen molar-refractivity contribution in [3.8, 4) is 0 Å². The van der Waals surface area contributed by atoms with Crippen molar-refractivity contribution in [3.63, 3.8) is 0 Å². The molecule has 2 saturated carbocycles. The highest BCUT2D eigenvalue weighted by Crippen LogP contribution is 2.37. The predicted octanol–water partition coefficient (Wildman–Crippen LogP) is 3.03. The van der Waals surface area contributed by atoms with E-state index < -0.39 is 0 Å². The van der Waals surface area contributed by atoms with Gasteiger partial charge in [0.1, 0.15) is 0 Å². The fraction of sp³-hybridized carbons (Fsp3) is 1.00. The average Bonchev–Trinajstić information content (AvgIpc) is 3.07. The Labute approximate surface area is 113 Å². The zero-order valence-corrected chi connectivity index (χ0v) is 12.2. The zero-order valence-electron chi connectivity index (χ0n) is 12.2. The van der Waals surface area contributed by atoms with E-state index in [0.29, 0.717) is 0 Å². The standard InChI is InChI=1S/C16H30N2/c1-12-5-6-16(10-13(12)2)18(15-7-8-15)11-14-4-3-9-17-14/h12-17H,3-11H2,1-2H3. The largest absolute Gasteiger partial charge is 0.313 e. The van der Waals surface area contributed by atoms with Gasteiger partial charge >= 0.3 is 0 Å². The number of rotatable bonds is 4. The van der Waals surface area contributed by atoms with Gasteiger partial charge in [0, 0.05) is 24.7 Å². The quantitative estimate of drug-likeness (QED) is 0.825. The third-order valence-corrected chi connectivity index (χ3v) is 5.65. The Bertz CT molecular complexity index is 268. The molecule has 4 atom stereocenters. The molecular formula is C16H30N2. The van der Waals surface area contributed by atoms with Crippen LogP contribution in [0, 0.1) is 11.8 Å². The van der Waals surface area contributed by atoms with Crippen molar-refractivity contribution in [3.05, 3.63) is 0 Å². The smallest absolute Gasteiger partial charge is 0.0195 e. The first-order chi connectivity index (χ1) is 8.74. The summed E-state index contributed by atoms with van der Waals surface area (Å²) in [5.41, 5.74) is 0. The van der Waals surface area contributed by atoms with Gasteiger partial charge in [-0.3, -0.25) is 4.90 Å². The number of hydrogen-bond donors (Lipinski definition) is 1. The van der Waals surface area contributed by atoms with Crippen molar-refractivity contribution < 1.29 is 0 Å². The number of hydrogen-bond acceptors (Lipinski definition) is 2. The van der Waals surface area contributed by atoms with Gasteiger partial charge in [0.15, 0.2) is 0 Å². The van der Waals surface area contributed by atoms with E-state index in [4.69, 9.17) is 0 Å². The van der Waals surface area contributed by atoms with Crippen LogP contribution in [0.5, 0.6) is 0 Å². The Morgan fingerprint density at radius 3 is 2.33 bits per heavy atom. The number of nitrogens with zero attached hydrogens (tertiary/aromatic N) is 1. The predicted molar refractivity (Wildman–Crippen MR) is 76.7 cm³/mol. The van der Waals surface area contributed by atoms with Crippen LogP contribution in [0.1, 0.15) is 58.8 Å². The Morgan fingerprint density at radius 2 is 1.72 bits per heavy atom. The van der Waals surface area contributed by atoms with Gasteiger partial charge in [-0.1, -0.05) is 13.8 Å². The normalized spacial score (nSPS) is 41.5. The SMILES string of the molecule is CC1CCC(N(CC2CCCN2)C2CC2)CC1C. The maximum atomic E-state index is 3.69. The molecule has 0 amide bonds. The highest BCUT2D eigenvalue weighted by Gasteiger charge is 2.38. The van der Waals surface area contributed by atoms with Gasteiger partial charge < -0.3 is 5.32 Å². The highest BCUT2D eigenvalue weighted by atomic mass is 15.2. The molecule has 1 aliphatic heterocycles. The summed E-state index contributed by atoms with van der Waals surface area (Å²) in [6.07, 6.45) is 10.1. The van der Waals surface area contributed by atoms with E-state index in [1.165, 1.54) is 58.0 Å². The van der Waals surface area contributed by atoms with E-state index in [0.717, 1.165) is 30.0 Å². The third kappa shape index (κ3) is 2.91. The molecule has 3 rings (SSSR count). The molecule has 3 fully saturated rings. The lowest BCUT2D eigenvalue weighted by Gasteiger charge is -2.40. The summed E-state index contributed by atoms with van der Waals surface area (Å²) >= 11 is 0. The topological polar surface area (TPSA) is 15.3 Å². The average molecular weight is 250 g/mol. The molecule has 104 valence electrons. The Hall–Kier alpha value is -0.0800. The minimum atomic E-state index is 0.792. The van der Waals surface area contributed by atoms with Crippen molar-refractivity contribution in [1.29, 1.82) is 0 Å². The molecule has 0 radical (unpaired) electrons. The van der Waals surface area contributed by atoms with Crippen LogP contribution in [0.15, 0.2) is 0 Å². The molecule has 2 heteroatoms. The Kier molecular flexibility index (Phi) is 3.95.